The van der Waals surface area contributed by atoms with Crippen LogP contribution in [0.1, 0.15) is 25.5 Å². The number of carbonyl (C=O) groups excluding carboxylic acids is 1. The first kappa shape index (κ1) is 15.4. The van der Waals surface area contributed by atoms with Gasteiger partial charge in [0, 0.05) is 5.56 Å². The number of hydrogen-bond donors (Lipinski definition) is 1. The number of nitrogens with one attached hydrogen (secondary N) is 1. The van der Waals surface area contributed by atoms with Crippen molar-refractivity contribution in [2.75, 3.05) is 5.32 Å². The summed E-state index contributed by atoms with van der Waals surface area (Å²) in [5.41, 5.74) is 2.53. The third kappa shape index (κ3) is 3.45. The Kier molecular flexibility index (Phi) is 4.47. The molecule has 0 aliphatic carbocycles. The Bertz CT molecular complexity index is 794. The van der Waals surface area contributed by atoms with E-state index >= 15 is 0 Å². The van der Waals surface area contributed by atoms with Crippen LogP contribution in [-0.4, -0.2) is 26.1 Å². The van der Waals surface area contributed by atoms with Gasteiger partial charge in [0.2, 0.25) is 5.91 Å². The van der Waals surface area contributed by atoms with Crippen molar-refractivity contribution < 1.29 is 4.79 Å². The molecule has 1 aromatic carbocycles. The van der Waals surface area contributed by atoms with Gasteiger partial charge in [0.15, 0.2) is 5.82 Å². The number of para-hydroxylation sites is 1. The molecule has 23 heavy (non-hydrogen) atoms. The van der Waals surface area contributed by atoms with Crippen molar-refractivity contribution in [2.45, 2.75) is 26.3 Å². The van der Waals surface area contributed by atoms with Crippen LogP contribution in [0.25, 0.3) is 11.4 Å². The Morgan fingerprint density at radius 2 is 2.13 bits per heavy atom. The first-order valence-electron chi connectivity index (χ1n) is 7.33. The second-order valence-corrected chi connectivity index (χ2v) is 6.22. The summed E-state index contributed by atoms with van der Waals surface area (Å²) in [6.07, 6.45) is 0.354. The van der Waals surface area contributed by atoms with Crippen LogP contribution < -0.4 is 5.32 Å². The average molecular weight is 327 g/mol. The normalized spacial score (nSPS) is 10.9. The number of rotatable bonds is 5. The number of hydrogen-bond acceptors (Lipinski definition) is 5. The number of anilines is 1. The highest BCUT2D eigenvalue weighted by molar-refractivity contribution is 7.08. The molecular weight excluding hydrogens is 310 g/mol. The minimum atomic E-state index is -0.0561. The van der Waals surface area contributed by atoms with E-state index in [1.807, 2.05) is 54.9 Å². The highest BCUT2D eigenvalue weighted by Gasteiger charge is 2.16. The van der Waals surface area contributed by atoms with Crippen LogP contribution in [0.5, 0.6) is 0 Å². The van der Waals surface area contributed by atoms with E-state index in [9.17, 15) is 4.79 Å². The fourth-order valence-corrected chi connectivity index (χ4v) is 2.95. The van der Waals surface area contributed by atoms with Crippen LogP contribution in [0.15, 0.2) is 41.1 Å². The molecule has 1 amide bonds. The Labute approximate surface area is 138 Å². The summed E-state index contributed by atoms with van der Waals surface area (Å²) in [5.74, 6) is 0.589. The molecule has 0 atom stereocenters. The lowest BCUT2D eigenvalue weighted by Gasteiger charge is -2.12. The van der Waals surface area contributed by atoms with E-state index in [-0.39, 0.29) is 11.9 Å². The molecule has 0 saturated carbocycles. The van der Waals surface area contributed by atoms with Crippen LogP contribution >= 0.6 is 11.3 Å². The van der Waals surface area contributed by atoms with Gasteiger partial charge in [-0.15, -0.1) is 5.10 Å². The van der Waals surface area contributed by atoms with E-state index < -0.39 is 0 Å². The highest BCUT2D eigenvalue weighted by atomic mass is 32.1. The topological polar surface area (TPSA) is 72.7 Å². The van der Waals surface area contributed by atoms with Crippen molar-refractivity contribution >= 4 is 22.9 Å². The van der Waals surface area contributed by atoms with Gasteiger partial charge in [-0.05, 0) is 58.8 Å². The SMILES string of the molecule is CC(C)n1nnnc1-c1ccccc1NC(=O)Cc1ccsc1. The standard InChI is InChI=1S/C16H17N5OS/c1-11(2)21-16(18-19-20-21)13-5-3-4-6-14(13)17-15(22)9-12-7-8-23-10-12/h3-8,10-11H,9H2,1-2H3,(H,17,22). The highest BCUT2D eigenvalue weighted by Crippen LogP contribution is 2.27. The molecule has 1 N–H and O–H groups in total. The molecule has 0 aliphatic heterocycles. The lowest BCUT2D eigenvalue weighted by atomic mass is 10.1. The first-order valence-corrected chi connectivity index (χ1v) is 8.27. The van der Waals surface area contributed by atoms with E-state index in [0.29, 0.717) is 17.9 Å². The number of nitrogens with zero attached hydrogens (tertiary/aromatic N) is 4. The quantitative estimate of drug-likeness (QED) is 0.781. The molecule has 6 nitrogen and oxygen atoms in total. The summed E-state index contributed by atoms with van der Waals surface area (Å²) in [6.45, 7) is 4.02. The zero-order chi connectivity index (χ0) is 16.2. The minimum Gasteiger partial charge on any atom is -0.325 e. The van der Waals surface area contributed by atoms with Crippen LogP contribution in [0.3, 0.4) is 0 Å². The Hall–Kier alpha value is -2.54. The summed E-state index contributed by atoms with van der Waals surface area (Å²) >= 11 is 1.58. The molecule has 0 radical (unpaired) electrons. The van der Waals surface area contributed by atoms with Gasteiger partial charge < -0.3 is 5.32 Å². The van der Waals surface area contributed by atoms with Gasteiger partial charge in [-0.25, -0.2) is 4.68 Å². The number of benzene rings is 1. The summed E-state index contributed by atoms with van der Waals surface area (Å²) in [6, 6.07) is 9.64. The van der Waals surface area contributed by atoms with Crippen molar-refractivity contribution in [3.05, 3.63) is 46.7 Å². The van der Waals surface area contributed by atoms with Crippen LogP contribution in [0.2, 0.25) is 0 Å². The van der Waals surface area contributed by atoms with Crippen molar-refractivity contribution in [2.24, 2.45) is 0 Å². The summed E-state index contributed by atoms with van der Waals surface area (Å²) < 4.78 is 1.74. The molecule has 7 heteroatoms. The van der Waals surface area contributed by atoms with Gasteiger partial charge >= 0.3 is 0 Å². The van der Waals surface area contributed by atoms with E-state index in [2.05, 4.69) is 20.8 Å². The molecule has 0 spiro atoms. The van der Waals surface area contributed by atoms with E-state index in [0.717, 1.165) is 11.1 Å². The second kappa shape index (κ2) is 6.70. The van der Waals surface area contributed by atoms with Crippen molar-refractivity contribution in [3.8, 4) is 11.4 Å². The predicted molar refractivity (Wildman–Crippen MR) is 90.3 cm³/mol. The molecule has 118 valence electrons. The van der Waals surface area contributed by atoms with Gasteiger partial charge in [-0.3, -0.25) is 4.79 Å². The summed E-state index contributed by atoms with van der Waals surface area (Å²) in [5, 5.41) is 18.8. The number of carbonyl (C=O) groups is 1. The van der Waals surface area contributed by atoms with E-state index in [1.54, 1.807) is 16.0 Å². The molecule has 0 unspecified atom stereocenters. The maximum Gasteiger partial charge on any atom is 0.228 e. The van der Waals surface area contributed by atoms with Gasteiger partial charge in [-0.2, -0.15) is 11.3 Å². The molecule has 2 heterocycles. The summed E-state index contributed by atoms with van der Waals surface area (Å²) in [7, 11) is 0. The lowest BCUT2D eigenvalue weighted by Crippen LogP contribution is -2.15. The Balaban J connectivity index is 1.86. The molecule has 0 saturated heterocycles. The molecule has 0 aliphatic rings. The van der Waals surface area contributed by atoms with Crippen molar-refractivity contribution in [1.29, 1.82) is 0 Å². The van der Waals surface area contributed by atoms with Gasteiger partial charge in [0.1, 0.15) is 0 Å². The number of tetrazole rings is 1. The predicted octanol–water partition coefficient (Wildman–Crippen LogP) is 3.16. The van der Waals surface area contributed by atoms with Crippen molar-refractivity contribution in [3.63, 3.8) is 0 Å². The zero-order valence-electron chi connectivity index (χ0n) is 12.9. The Morgan fingerprint density at radius 1 is 1.30 bits per heavy atom. The molecule has 0 bridgehead atoms. The number of thiophene rings is 1. The second-order valence-electron chi connectivity index (χ2n) is 5.44. The fraction of sp³-hybridized carbons (Fsp3) is 0.250. The maximum absolute atomic E-state index is 12.3. The van der Waals surface area contributed by atoms with Crippen LogP contribution in [0, 0.1) is 0 Å². The third-order valence-corrected chi connectivity index (χ3v) is 4.10. The van der Waals surface area contributed by atoms with Gasteiger partial charge in [0.25, 0.3) is 0 Å². The smallest absolute Gasteiger partial charge is 0.228 e. The van der Waals surface area contributed by atoms with Crippen molar-refractivity contribution in [1.82, 2.24) is 20.2 Å². The molecule has 3 rings (SSSR count). The van der Waals surface area contributed by atoms with Crippen LogP contribution in [0.4, 0.5) is 5.69 Å². The number of amides is 1. The molecule has 2 aromatic heterocycles. The lowest BCUT2D eigenvalue weighted by molar-refractivity contribution is -0.115. The Morgan fingerprint density at radius 3 is 2.87 bits per heavy atom. The fourth-order valence-electron chi connectivity index (χ4n) is 2.28. The molecule has 3 aromatic rings. The first-order chi connectivity index (χ1) is 11.1. The average Bonchev–Trinajstić information content (AvgIpc) is 3.18. The number of aromatic nitrogens is 4. The zero-order valence-corrected chi connectivity index (χ0v) is 13.7. The summed E-state index contributed by atoms with van der Waals surface area (Å²) in [4.78, 5) is 12.3. The minimum absolute atomic E-state index is 0.0561. The van der Waals surface area contributed by atoms with E-state index in [1.165, 1.54) is 0 Å². The van der Waals surface area contributed by atoms with Gasteiger partial charge in [0.05, 0.1) is 18.2 Å². The largest absolute Gasteiger partial charge is 0.325 e. The van der Waals surface area contributed by atoms with Crippen LogP contribution in [-0.2, 0) is 11.2 Å². The monoisotopic (exact) mass is 327 g/mol. The molecular formula is C16H17N5OS. The maximum atomic E-state index is 12.3. The third-order valence-electron chi connectivity index (χ3n) is 3.37. The molecule has 0 fully saturated rings. The van der Waals surface area contributed by atoms with E-state index in [4.69, 9.17) is 0 Å². The van der Waals surface area contributed by atoms with Gasteiger partial charge in [-0.1, -0.05) is 12.1 Å².